The zero-order chi connectivity index (χ0) is 13.2. The molecule has 1 aromatic rings. The first kappa shape index (κ1) is 15.5. The molecule has 0 aliphatic heterocycles. The maximum absolute atomic E-state index is 13.0. The molecule has 0 amide bonds. The molecule has 0 saturated heterocycles. The Kier molecular flexibility index (Phi) is 8.05. The molecule has 18 heavy (non-hydrogen) atoms. The Morgan fingerprint density at radius 1 is 1.44 bits per heavy atom. The quantitative estimate of drug-likeness (QED) is 0.550. The standard InChI is InChI=1S/C14H22FNOS/c1-3-16-13(7-5-9-17-2)11-18-14-8-4-6-12(15)10-14/h4,6,8,10,13,16H,3,5,7,9,11H2,1-2H3. The summed E-state index contributed by atoms with van der Waals surface area (Å²) in [5, 5.41) is 3.46. The summed E-state index contributed by atoms with van der Waals surface area (Å²) in [5.41, 5.74) is 0. The summed E-state index contributed by atoms with van der Waals surface area (Å²) in [6, 6.07) is 7.22. The summed E-state index contributed by atoms with van der Waals surface area (Å²) >= 11 is 1.70. The Bertz CT molecular complexity index is 335. The van der Waals surface area contributed by atoms with Crippen LogP contribution in [-0.4, -0.2) is 32.1 Å². The minimum atomic E-state index is -0.167. The van der Waals surface area contributed by atoms with Gasteiger partial charge in [-0.3, -0.25) is 0 Å². The SMILES string of the molecule is CCNC(CCCOC)CSc1cccc(F)c1. The van der Waals surface area contributed by atoms with E-state index in [2.05, 4.69) is 12.2 Å². The lowest BCUT2D eigenvalue weighted by atomic mass is 10.2. The second-order valence-electron chi connectivity index (χ2n) is 4.16. The molecule has 2 nitrogen and oxygen atoms in total. The van der Waals surface area contributed by atoms with Gasteiger partial charge in [0.2, 0.25) is 0 Å². The maximum Gasteiger partial charge on any atom is 0.124 e. The number of nitrogens with one attached hydrogen (secondary N) is 1. The predicted octanol–water partition coefficient (Wildman–Crippen LogP) is 3.32. The van der Waals surface area contributed by atoms with E-state index in [1.54, 1.807) is 31.0 Å². The van der Waals surface area contributed by atoms with Crippen LogP contribution in [0.25, 0.3) is 0 Å². The summed E-state index contributed by atoms with van der Waals surface area (Å²) in [7, 11) is 1.73. The van der Waals surface area contributed by atoms with E-state index in [0.717, 1.165) is 36.6 Å². The van der Waals surface area contributed by atoms with Crippen molar-refractivity contribution in [2.45, 2.75) is 30.7 Å². The Hall–Kier alpha value is -0.580. The molecule has 0 aromatic heterocycles. The Labute approximate surface area is 113 Å². The molecule has 0 aliphatic carbocycles. The largest absolute Gasteiger partial charge is 0.385 e. The summed E-state index contributed by atoms with van der Waals surface area (Å²) in [6.07, 6.45) is 2.14. The number of ether oxygens (including phenoxy) is 1. The van der Waals surface area contributed by atoms with Crippen molar-refractivity contribution >= 4 is 11.8 Å². The summed E-state index contributed by atoms with van der Waals surface area (Å²) < 4.78 is 18.1. The van der Waals surface area contributed by atoms with Gasteiger partial charge in [-0.1, -0.05) is 13.0 Å². The summed E-state index contributed by atoms with van der Waals surface area (Å²) in [4.78, 5) is 0.990. The van der Waals surface area contributed by atoms with Crippen LogP contribution in [0.15, 0.2) is 29.2 Å². The molecule has 102 valence electrons. The van der Waals surface area contributed by atoms with Gasteiger partial charge in [0, 0.05) is 30.4 Å². The highest BCUT2D eigenvalue weighted by atomic mass is 32.2. The van der Waals surface area contributed by atoms with Crippen molar-refractivity contribution in [3.05, 3.63) is 30.1 Å². The predicted molar refractivity (Wildman–Crippen MR) is 75.7 cm³/mol. The normalized spacial score (nSPS) is 12.6. The average Bonchev–Trinajstić information content (AvgIpc) is 2.36. The van der Waals surface area contributed by atoms with Crippen LogP contribution in [0.5, 0.6) is 0 Å². The number of rotatable bonds is 9. The van der Waals surface area contributed by atoms with Gasteiger partial charge in [-0.2, -0.15) is 0 Å². The van der Waals surface area contributed by atoms with Crippen molar-refractivity contribution in [3.8, 4) is 0 Å². The van der Waals surface area contributed by atoms with Gasteiger partial charge >= 0.3 is 0 Å². The van der Waals surface area contributed by atoms with Crippen LogP contribution in [0.4, 0.5) is 4.39 Å². The van der Waals surface area contributed by atoms with Gasteiger partial charge < -0.3 is 10.1 Å². The molecule has 0 heterocycles. The van der Waals surface area contributed by atoms with Gasteiger partial charge in [-0.25, -0.2) is 4.39 Å². The summed E-state index contributed by atoms with van der Waals surface area (Å²) in [5.74, 6) is 0.792. The van der Waals surface area contributed by atoms with Gasteiger partial charge in [0.1, 0.15) is 5.82 Å². The van der Waals surface area contributed by atoms with Crippen LogP contribution in [0.1, 0.15) is 19.8 Å². The molecule has 4 heteroatoms. The third-order valence-electron chi connectivity index (χ3n) is 2.64. The number of methoxy groups -OCH3 is 1. The molecule has 1 rings (SSSR count). The highest BCUT2D eigenvalue weighted by Crippen LogP contribution is 2.20. The molecule has 1 unspecified atom stereocenters. The van der Waals surface area contributed by atoms with Crippen LogP contribution in [-0.2, 0) is 4.74 Å². The third kappa shape index (κ3) is 6.38. The lowest BCUT2D eigenvalue weighted by molar-refractivity contribution is 0.190. The van der Waals surface area contributed by atoms with E-state index in [-0.39, 0.29) is 5.82 Å². The number of hydrogen-bond donors (Lipinski definition) is 1. The molecular formula is C14H22FNOS. The van der Waals surface area contributed by atoms with Crippen LogP contribution in [0.3, 0.4) is 0 Å². The topological polar surface area (TPSA) is 21.3 Å². The second-order valence-corrected chi connectivity index (χ2v) is 5.25. The smallest absolute Gasteiger partial charge is 0.124 e. The molecule has 0 radical (unpaired) electrons. The van der Waals surface area contributed by atoms with E-state index < -0.39 is 0 Å². The zero-order valence-electron chi connectivity index (χ0n) is 11.1. The highest BCUT2D eigenvalue weighted by Gasteiger charge is 2.08. The fourth-order valence-corrected chi connectivity index (χ4v) is 2.81. The number of benzene rings is 1. The fourth-order valence-electron chi connectivity index (χ4n) is 1.76. The van der Waals surface area contributed by atoms with Gasteiger partial charge in [-0.15, -0.1) is 11.8 Å². The van der Waals surface area contributed by atoms with Crippen LogP contribution >= 0.6 is 11.8 Å². The minimum absolute atomic E-state index is 0.167. The molecule has 0 spiro atoms. The van der Waals surface area contributed by atoms with Gasteiger partial charge in [0.15, 0.2) is 0 Å². The minimum Gasteiger partial charge on any atom is -0.385 e. The van der Waals surface area contributed by atoms with Crippen molar-refractivity contribution < 1.29 is 9.13 Å². The molecule has 0 bridgehead atoms. The third-order valence-corrected chi connectivity index (χ3v) is 3.80. The molecule has 0 fully saturated rings. The van der Waals surface area contributed by atoms with Crippen LogP contribution in [0, 0.1) is 5.82 Å². The maximum atomic E-state index is 13.0. The molecule has 0 saturated carbocycles. The van der Waals surface area contributed by atoms with E-state index >= 15 is 0 Å². The molecule has 1 atom stereocenters. The van der Waals surface area contributed by atoms with Crippen molar-refractivity contribution in [1.29, 1.82) is 0 Å². The van der Waals surface area contributed by atoms with Gasteiger partial charge in [0.25, 0.3) is 0 Å². The lowest BCUT2D eigenvalue weighted by Gasteiger charge is -2.17. The van der Waals surface area contributed by atoms with Crippen molar-refractivity contribution in [3.63, 3.8) is 0 Å². The zero-order valence-corrected chi connectivity index (χ0v) is 11.9. The van der Waals surface area contributed by atoms with Crippen molar-refractivity contribution in [2.75, 3.05) is 26.0 Å². The van der Waals surface area contributed by atoms with Crippen LogP contribution in [0.2, 0.25) is 0 Å². The van der Waals surface area contributed by atoms with Crippen molar-refractivity contribution in [2.24, 2.45) is 0 Å². The first-order chi connectivity index (χ1) is 8.76. The van der Waals surface area contributed by atoms with E-state index in [0.29, 0.717) is 6.04 Å². The lowest BCUT2D eigenvalue weighted by Crippen LogP contribution is -2.31. The number of hydrogen-bond acceptors (Lipinski definition) is 3. The molecule has 0 aliphatic rings. The molecular weight excluding hydrogens is 249 g/mol. The summed E-state index contributed by atoms with van der Waals surface area (Å²) in [6.45, 7) is 3.87. The monoisotopic (exact) mass is 271 g/mol. The Balaban J connectivity index is 2.36. The van der Waals surface area contributed by atoms with E-state index in [9.17, 15) is 4.39 Å². The van der Waals surface area contributed by atoms with Crippen molar-refractivity contribution in [1.82, 2.24) is 5.32 Å². The molecule has 1 aromatic carbocycles. The van der Waals surface area contributed by atoms with Gasteiger partial charge in [0.05, 0.1) is 0 Å². The second kappa shape index (κ2) is 9.36. The highest BCUT2D eigenvalue weighted by molar-refractivity contribution is 7.99. The molecule has 1 N–H and O–H groups in total. The average molecular weight is 271 g/mol. The Morgan fingerprint density at radius 3 is 2.94 bits per heavy atom. The van der Waals surface area contributed by atoms with Gasteiger partial charge in [-0.05, 0) is 37.6 Å². The van der Waals surface area contributed by atoms with Crippen LogP contribution < -0.4 is 5.32 Å². The Morgan fingerprint density at radius 2 is 2.28 bits per heavy atom. The first-order valence-corrected chi connectivity index (χ1v) is 7.35. The number of halogens is 1. The first-order valence-electron chi connectivity index (χ1n) is 6.37. The fraction of sp³-hybridized carbons (Fsp3) is 0.571. The number of thioether (sulfide) groups is 1. The van der Waals surface area contributed by atoms with E-state index in [4.69, 9.17) is 4.74 Å². The van der Waals surface area contributed by atoms with E-state index in [1.165, 1.54) is 6.07 Å². The van der Waals surface area contributed by atoms with E-state index in [1.807, 2.05) is 6.07 Å².